The van der Waals surface area contributed by atoms with Gasteiger partial charge in [0, 0.05) is 23.6 Å². The van der Waals surface area contributed by atoms with E-state index in [-0.39, 0.29) is 22.5 Å². The number of aromatic amines is 1. The van der Waals surface area contributed by atoms with E-state index in [9.17, 15) is 19.7 Å². The van der Waals surface area contributed by atoms with Crippen LogP contribution in [0.5, 0.6) is 0 Å². The summed E-state index contributed by atoms with van der Waals surface area (Å²) in [5.74, 6) is -0.564. The van der Waals surface area contributed by atoms with Crippen LogP contribution in [0.4, 0.5) is 17.1 Å². The van der Waals surface area contributed by atoms with Crippen molar-refractivity contribution in [2.24, 2.45) is 0 Å². The standard InChI is InChI=1S/C23H25N5O4/c1-15-8-9-16(12-19(15)26-21(29)14-27-10-3-2-4-11-27)25-23(30)17-13-24-18-6-5-7-20(22(17)18)28(31)32/h5-9,12-13,24H,2-4,10-11,14H2,1H3,(H,25,30)(H,26,29). The van der Waals surface area contributed by atoms with Crippen molar-refractivity contribution in [1.82, 2.24) is 9.88 Å². The van der Waals surface area contributed by atoms with Crippen LogP contribution in [0.2, 0.25) is 0 Å². The summed E-state index contributed by atoms with van der Waals surface area (Å²) >= 11 is 0. The van der Waals surface area contributed by atoms with Gasteiger partial charge < -0.3 is 15.6 Å². The molecule has 1 saturated heterocycles. The maximum atomic E-state index is 12.9. The molecule has 2 heterocycles. The van der Waals surface area contributed by atoms with Crippen molar-refractivity contribution < 1.29 is 14.5 Å². The van der Waals surface area contributed by atoms with E-state index in [4.69, 9.17) is 0 Å². The van der Waals surface area contributed by atoms with Crippen LogP contribution >= 0.6 is 0 Å². The van der Waals surface area contributed by atoms with Crippen LogP contribution in [-0.2, 0) is 4.79 Å². The molecule has 2 amide bonds. The van der Waals surface area contributed by atoms with Crippen LogP contribution in [0.1, 0.15) is 35.2 Å². The molecule has 0 bridgehead atoms. The molecule has 9 nitrogen and oxygen atoms in total. The number of aryl methyl sites for hydroxylation is 1. The van der Waals surface area contributed by atoms with Gasteiger partial charge in [-0.1, -0.05) is 18.6 Å². The number of likely N-dealkylation sites (tertiary alicyclic amines) is 1. The second-order valence-electron chi connectivity index (χ2n) is 8.03. The Morgan fingerprint density at radius 1 is 1.12 bits per heavy atom. The number of hydrogen-bond donors (Lipinski definition) is 3. The summed E-state index contributed by atoms with van der Waals surface area (Å²) in [6.45, 7) is 4.08. The average Bonchev–Trinajstić information content (AvgIpc) is 3.21. The number of rotatable bonds is 6. The average molecular weight is 435 g/mol. The lowest BCUT2D eigenvalue weighted by molar-refractivity contribution is -0.383. The van der Waals surface area contributed by atoms with Gasteiger partial charge in [0.15, 0.2) is 0 Å². The van der Waals surface area contributed by atoms with Gasteiger partial charge in [0.05, 0.1) is 27.9 Å². The predicted octanol–water partition coefficient (Wildman–Crippen LogP) is 4.06. The number of nitrogens with one attached hydrogen (secondary N) is 3. The number of hydrogen-bond acceptors (Lipinski definition) is 5. The first-order chi connectivity index (χ1) is 15.4. The second-order valence-corrected chi connectivity index (χ2v) is 8.03. The van der Waals surface area contributed by atoms with Crippen molar-refractivity contribution in [2.75, 3.05) is 30.3 Å². The molecule has 0 unspecified atom stereocenters. The lowest BCUT2D eigenvalue weighted by Gasteiger charge is -2.25. The van der Waals surface area contributed by atoms with Crippen molar-refractivity contribution in [3.63, 3.8) is 0 Å². The van der Waals surface area contributed by atoms with E-state index in [1.807, 2.05) is 13.0 Å². The summed E-state index contributed by atoms with van der Waals surface area (Å²) in [5, 5.41) is 17.4. The van der Waals surface area contributed by atoms with Crippen LogP contribution in [0.25, 0.3) is 10.9 Å². The number of non-ortho nitro benzene ring substituents is 1. The molecule has 0 aliphatic carbocycles. The van der Waals surface area contributed by atoms with Crippen LogP contribution in [0.3, 0.4) is 0 Å². The van der Waals surface area contributed by atoms with Crippen LogP contribution < -0.4 is 10.6 Å². The number of nitrogens with zero attached hydrogens (tertiary/aromatic N) is 2. The monoisotopic (exact) mass is 435 g/mol. The summed E-state index contributed by atoms with van der Waals surface area (Å²) in [6.07, 6.45) is 4.89. The van der Waals surface area contributed by atoms with Crippen molar-refractivity contribution in [2.45, 2.75) is 26.2 Å². The summed E-state index contributed by atoms with van der Waals surface area (Å²) < 4.78 is 0. The van der Waals surface area contributed by atoms with Gasteiger partial charge >= 0.3 is 0 Å². The molecule has 9 heteroatoms. The Morgan fingerprint density at radius 2 is 1.91 bits per heavy atom. The Bertz CT molecular complexity index is 1180. The molecule has 0 radical (unpaired) electrons. The Morgan fingerprint density at radius 3 is 2.66 bits per heavy atom. The molecule has 2 aromatic carbocycles. The molecular weight excluding hydrogens is 410 g/mol. The number of carbonyl (C=O) groups is 2. The van der Waals surface area contributed by atoms with Gasteiger partial charge in [-0.2, -0.15) is 0 Å². The lowest BCUT2D eigenvalue weighted by Crippen LogP contribution is -2.36. The summed E-state index contributed by atoms with van der Waals surface area (Å²) in [4.78, 5) is 41.3. The first-order valence-electron chi connectivity index (χ1n) is 10.6. The van der Waals surface area contributed by atoms with E-state index in [1.165, 1.54) is 18.7 Å². The topological polar surface area (TPSA) is 120 Å². The smallest absolute Gasteiger partial charge is 0.279 e. The number of amides is 2. The number of piperidine rings is 1. The number of nitro groups is 1. The highest BCUT2D eigenvalue weighted by molar-refractivity contribution is 6.15. The Hall–Kier alpha value is -3.72. The molecule has 3 N–H and O–H groups in total. The first-order valence-corrected chi connectivity index (χ1v) is 10.6. The quantitative estimate of drug-likeness (QED) is 0.398. The maximum absolute atomic E-state index is 12.9. The highest BCUT2D eigenvalue weighted by Gasteiger charge is 2.21. The summed E-state index contributed by atoms with van der Waals surface area (Å²) in [6, 6.07) is 9.86. The zero-order chi connectivity index (χ0) is 22.7. The molecule has 1 fully saturated rings. The van der Waals surface area contributed by atoms with Gasteiger partial charge in [0.25, 0.3) is 11.6 Å². The number of fused-ring (bicyclic) bond motifs is 1. The normalized spacial score (nSPS) is 14.3. The molecule has 1 aliphatic heterocycles. The maximum Gasteiger partial charge on any atom is 0.279 e. The van der Waals surface area contributed by atoms with Crippen molar-refractivity contribution in [3.8, 4) is 0 Å². The van der Waals surface area contributed by atoms with Crippen molar-refractivity contribution in [3.05, 3.63) is 63.8 Å². The van der Waals surface area contributed by atoms with Gasteiger partial charge in [-0.3, -0.25) is 24.6 Å². The minimum atomic E-state index is -0.505. The Labute approximate surface area is 184 Å². The highest BCUT2D eigenvalue weighted by Crippen LogP contribution is 2.29. The molecule has 1 aliphatic rings. The molecule has 1 aromatic heterocycles. The Balaban J connectivity index is 1.50. The van der Waals surface area contributed by atoms with E-state index in [0.717, 1.165) is 31.5 Å². The van der Waals surface area contributed by atoms with Gasteiger partial charge in [-0.05, 0) is 56.6 Å². The van der Waals surface area contributed by atoms with Crippen molar-refractivity contribution in [1.29, 1.82) is 0 Å². The third-order valence-electron chi connectivity index (χ3n) is 5.71. The molecule has 3 aromatic rings. The van der Waals surface area contributed by atoms with E-state index in [0.29, 0.717) is 23.4 Å². The van der Waals surface area contributed by atoms with Crippen molar-refractivity contribution >= 4 is 39.8 Å². The number of benzene rings is 2. The van der Waals surface area contributed by atoms with E-state index in [2.05, 4.69) is 20.5 Å². The minimum Gasteiger partial charge on any atom is -0.360 e. The molecular formula is C23H25N5O4. The molecule has 0 saturated carbocycles. The van der Waals surface area contributed by atoms with Gasteiger partial charge in [0.1, 0.15) is 0 Å². The number of aromatic nitrogens is 1. The largest absolute Gasteiger partial charge is 0.360 e. The van der Waals surface area contributed by atoms with Gasteiger partial charge in [-0.15, -0.1) is 0 Å². The fraction of sp³-hybridized carbons (Fsp3) is 0.304. The lowest BCUT2D eigenvalue weighted by atomic mass is 10.1. The van der Waals surface area contributed by atoms with E-state index in [1.54, 1.807) is 24.3 Å². The van der Waals surface area contributed by atoms with Crippen LogP contribution in [-0.4, -0.2) is 46.3 Å². The number of nitro benzene ring substituents is 1. The molecule has 166 valence electrons. The number of anilines is 2. The number of carbonyl (C=O) groups excluding carboxylic acids is 2. The zero-order valence-corrected chi connectivity index (χ0v) is 17.8. The zero-order valence-electron chi connectivity index (χ0n) is 17.8. The SMILES string of the molecule is Cc1ccc(NC(=O)c2c[nH]c3cccc([N+](=O)[O-])c23)cc1NC(=O)CN1CCCCC1. The minimum absolute atomic E-state index is 0.0919. The molecule has 0 spiro atoms. The van der Waals surface area contributed by atoms with E-state index < -0.39 is 10.8 Å². The predicted molar refractivity (Wildman–Crippen MR) is 123 cm³/mol. The molecule has 32 heavy (non-hydrogen) atoms. The van der Waals surface area contributed by atoms with Gasteiger partial charge in [0.2, 0.25) is 5.91 Å². The highest BCUT2D eigenvalue weighted by atomic mass is 16.6. The third-order valence-corrected chi connectivity index (χ3v) is 5.71. The molecule has 4 rings (SSSR count). The number of H-pyrrole nitrogens is 1. The van der Waals surface area contributed by atoms with Crippen LogP contribution in [0.15, 0.2) is 42.6 Å². The summed E-state index contributed by atoms with van der Waals surface area (Å²) in [7, 11) is 0. The Kier molecular flexibility index (Phi) is 6.18. The molecule has 0 atom stereocenters. The fourth-order valence-corrected chi connectivity index (χ4v) is 4.04. The van der Waals surface area contributed by atoms with Crippen LogP contribution in [0, 0.1) is 17.0 Å². The second kappa shape index (κ2) is 9.19. The van der Waals surface area contributed by atoms with Gasteiger partial charge in [-0.25, -0.2) is 0 Å². The fourth-order valence-electron chi connectivity index (χ4n) is 4.04. The summed E-state index contributed by atoms with van der Waals surface area (Å²) in [5.41, 5.74) is 2.54. The third kappa shape index (κ3) is 4.62. The van der Waals surface area contributed by atoms with E-state index >= 15 is 0 Å². The first kappa shape index (κ1) is 21.5.